The van der Waals surface area contributed by atoms with Gasteiger partial charge in [0.2, 0.25) is 0 Å². The van der Waals surface area contributed by atoms with Gasteiger partial charge in [0, 0.05) is 0 Å². The molecule has 0 unspecified atom stereocenters. The van der Waals surface area contributed by atoms with Crippen LogP contribution in [0, 0.1) is 0 Å². The lowest BCUT2D eigenvalue weighted by Gasteiger charge is -2.13. The van der Waals surface area contributed by atoms with Crippen LogP contribution in [-0.4, -0.2) is 31.3 Å². The first-order chi connectivity index (χ1) is 10.1. The number of amides is 1. The lowest BCUT2D eigenvalue weighted by atomic mass is 10.1. The van der Waals surface area contributed by atoms with E-state index in [0.29, 0.717) is 13.2 Å². The SMILES string of the molecule is CCCCCCCCCOC(=O)[C@H](C)NC(=O)OCCC. The van der Waals surface area contributed by atoms with Gasteiger partial charge in [-0.2, -0.15) is 0 Å². The molecule has 0 radical (unpaired) electrons. The summed E-state index contributed by atoms with van der Waals surface area (Å²) in [5.74, 6) is -0.408. The lowest BCUT2D eigenvalue weighted by molar-refractivity contribution is -0.145. The maximum atomic E-state index is 11.6. The van der Waals surface area contributed by atoms with Crippen LogP contribution < -0.4 is 5.32 Å². The van der Waals surface area contributed by atoms with Gasteiger partial charge in [-0.3, -0.25) is 0 Å². The highest BCUT2D eigenvalue weighted by atomic mass is 16.6. The summed E-state index contributed by atoms with van der Waals surface area (Å²) in [5.41, 5.74) is 0. The molecular formula is C16H31NO4. The number of carbonyl (C=O) groups excluding carboxylic acids is 2. The van der Waals surface area contributed by atoms with E-state index in [1.165, 1.54) is 32.1 Å². The quantitative estimate of drug-likeness (QED) is 0.440. The van der Waals surface area contributed by atoms with E-state index in [-0.39, 0.29) is 0 Å². The highest BCUT2D eigenvalue weighted by Gasteiger charge is 2.17. The highest BCUT2D eigenvalue weighted by Crippen LogP contribution is 2.07. The van der Waals surface area contributed by atoms with Crippen molar-refractivity contribution in [3.05, 3.63) is 0 Å². The molecule has 5 nitrogen and oxygen atoms in total. The van der Waals surface area contributed by atoms with Gasteiger partial charge in [0.25, 0.3) is 0 Å². The van der Waals surface area contributed by atoms with Crippen molar-refractivity contribution >= 4 is 12.1 Å². The number of ether oxygens (including phenoxy) is 2. The maximum absolute atomic E-state index is 11.6. The molecule has 0 bridgehead atoms. The molecule has 21 heavy (non-hydrogen) atoms. The number of hydrogen-bond donors (Lipinski definition) is 1. The molecule has 0 aliphatic carbocycles. The normalized spacial score (nSPS) is 11.8. The smallest absolute Gasteiger partial charge is 0.407 e. The molecule has 0 fully saturated rings. The van der Waals surface area contributed by atoms with Gasteiger partial charge in [-0.05, 0) is 19.8 Å². The molecule has 1 N–H and O–H groups in total. The van der Waals surface area contributed by atoms with Crippen molar-refractivity contribution in [2.75, 3.05) is 13.2 Å². The van der Waals surface area contributed by atoms with E-state index in [4.69, 9.17) is 9.47 Å². The Morgan fingerprint density at radius 3 is 2.10 bits per heavy atom. The Morgan fingerprint density at radius 2 is 1.48 bits per heavy atom. The van der Waals surface area contributed by atoms with Crippen LogP contribution in [0.5, 0.6) is 0 Å². The minimum Gasteiger partial charge on any atom is -0.464 e. The van der Waals surface area contributed by atoms with E-state index in [0.717, 1.165) is 19.3 Å². The second-order valence-electron chi connectivity index (χ2n) is 5.29. The Hall–Kier alpha value is -1.26. The Kier molecular flexibility index (Phi) is 12.9. The topological polar surface area (TPSA) is 64.6 Å². The van der Waals surface area contributed by atoms with E-state index in [9.17, 15) is 9.59 Å². The number of rotatable bonds is 12. The van der Waals surface area contributed by atoms with E-state index in [1.807, 2.05) is 6.92 Å². The summed E-state index contributed by atoms with van der Waals surface area (Å²) in [5, 5.41) is 2.45. The molecule has 0 aromatic heterocycles. The van der Waals surface area contributed by atoms with Crippen LogP contribution in [0.1, 0.15) is 72.1 Å². The fraction of sp³-hybridized carbons (Fsp3) is 0.875. The number of esters is 1. The summed E-state index contributed by atoms with van der Waals surface area (Å²) in [7, 11) is 0. The average molecular weight is 301 g/mol. The molecule has 0 aliphatic heterocycles. The first-order valence-corrected chi connectivity index (χ1v) is 8.21. The molecule has 0 spiro atoms. The van der Waals surface area contributed by atoms with Gasteiger partial charge in [0.05, 0.1) is 13.2 Å². The number of carbonyl (C=O) groups is 2. The van der Waals surface area contributed by atoms with E-state index >= 15 is 0 Å². The molecule has 0 aromatic carbocycles. The molecule has 0 saturated carbocycles. The predicted octanol–water partition coefficient (Wildman–Crippen LogP) is 3.80. The van der Waals surface area contributed by atoms with Crippen LogP contribution in [0.25, 0.3) is 0 Å². The summed E-state index contributed by atoms with van der Waals surface area (Å²) in [6.45, 7) is 6.48. The average Bonchev–Trinajstić information content (AvgIpc) is 2.47. The van der Waals surface area contributed by atoms with Crippen LogP contribution in [0.2, 0.25) is 0 Å². The Bertz CT molecular complexity index is 281. The van der Waals surface area contributed by atoms with Crippen molar-refractivity contribution in [2.24, 2.45) is 0 Å². The second-order valence-corrected chi connectivity index (χ2v) is 5.29. The first kappa shape index (κ1) is 19.7. The molecular weight excluding hydrogens is 270 g/mol. The first-order valence-electron chi connectivity index (χ1n) is 8.21. The van der Waals surface area contributed by atoms with Gasteiger partial charge in [0.15, 0.2) is 0 Å². The molecule has 0 aromatic rings. The molecule has 5 heteroatoms. The molecule has 124 valence electrons. The van der Waals surface area contributed by atoms with Crippen LogP contribution in [0.3, 0.4) is 0 Å². The van der Waals surface area contributed by atoms with Crippen LogP contribution in [-0.2, 0) is 14.3 Å². The van der Waals surface area contributed by atoms with Gasteiger partial charge < -0.3 is 14.8 Å². The van der Waals surface area contributed by atoms with E-state index in [2.05, 4.69) is 12.2 Å². The zero-order valence-electron chi connectivity index (χ0n) is 13.8. The minimum atomic E-state index is -0.668. The third kappa shape index (κ3) is 12.2. The molecule has 1 atom stereocenters. The Labute approximate surface area is 128 Å². The fourth-order valence-electron chi connectivity index (χ4n) is 1.83. The van der Waals surface area contributed by atoms with Crippen molar-refractivity contribution in [3.63, 3.8) is 0 Å². The van der Waals surface area contributed by atoms with Gasteiger partial charge >= 0.3 is 12.1 Å². The number of nitrogens with one attached hydrogen (secondary N) is 1. The van der Waals surface area contributed by atoms with Gasteiger partial charge in [-0.1, -0.05) is 52.4 Å². The molecule has 0 aliphatic rings. The largest absolute Gasteiger partial charge is 0.464 e. The lowest BCUT2D eigenvalue weighted by Crippen LogP contribution is -2.40. The molecule has 0 rings (SSSR count). The van der Waals surface area contributed by atoms with Crippen molar-refractivity contribution in [2.45, 2.75) is 78.2 Å². The van der Waals surface area contributed by atoms with Gasteiger partial charge in [-0.15, -0.1) is 0 Å². The van der Waals surface area contributed by atoms with E-state index in [1.54, 1.807) is 6.92 Å². The zero-order valence-corrected chi connectivity index (χ0v) is 13.8. The predicted molar refractivity (Wildman–Crippen MR) is 83.2 cm³/mol. The van der Waals surface area contributed by atoms with Gasteiger partial charge in [0.1, 0.15) is 6.04 Å². The highest BCUT2D eigenvalue weighted by molar-refractivity contribution is 5.80. The number of alkyl carbamates (subject to hydrolysis) is 1. The van der Waals surface area contributed by atoms with E-state index < -0.39 is 18.1 Å². The number of hydrogen-bond acceptors (Lipinski definition) is 4. The molecule has 0 heterocycles. The summed E-state index contributed by atoms with van der Waals surface area (Å²) < 4.78 is 9.97. The summed E-state index contributed by atoms with van der Waals surface area (Å²) in [6, 6.07) is -0.668. The standard InChI is InChI=1S/C16H31NO4/c1-4-6-7-8-9-10-11-13-20-15(18)14(3)17-16(19)21-12-5-2/h14H,4-13H2,1-3H3,(H,17,19)/t14-/m0/s1. The molecule has 0 saturated heterocycles. The third-order valence-electron chi connectivity index (χ3n) is 3.12. The van der Waals surface area contributed by atoms with Crippen molar-refractivity contribution < 1.29 is 19.1 Å². The van der Waals surface area contributed by atoms with Crippen LogP contribution in [0.15, 0.2) is 0 Å². The maximum Gasteiger partial charge on any atom is 0.407 e. The van der Waals surface area contributed by atoms with Crippen LogP contribution in [0.4, 0.5) is 4.79 Å². The van der Waals surface area contributed by atoms with Crippen molar-refractivity contribution in [3.8, 4) is 0 Å². The second kappa shape index (κ2) is 13.7. The molecule has 1 amide bonds. The van der Waals surface area contributed by atoms with Crippen LogP contribution >= 0.6 is 0 Å². The summed E-state index contributed by atoms with van der Waals surface area (Å²) >= 11 is 0. The summed E-state index contributed by atoms with van der Waals surface area (Å²) in [4.78, 5) is 22.9. The van der Waals surface area contributed by atoms with Crippen molar-refractivity contribution in [1.29, 1.82) is 0 Å². The number of unbranched alkanes of at least 4 members (excludes halogenated alkanes) is 6. The fourth-order valence-corrected chi connectivity index (χ4v) is 1.83. The van der Waals surface area contributed by atoms with Crippen molar-refractivity contribution in [1.82, 2.24) is 5.32 Å². The Balaban J connectivity index is 3.53. The minimum absolute atomic E-state index is 0.353. The Morgan fingerprint density at radius 1 is 0.857 bits per heavy atom. The monoisotopic (exact) mass is 301 g/mol. The zero-order chi connectivity index (χ0) is 15.9. The third-order valence-corrected chi connectivity index (χ3v) is 3.12. The summed E-state index contributed by atoms with van der Waals surface area (Å²) in [6.07, 6.45) is 8.43. The van der Waals surface area contributed by atoms with Gasteiger partial charge in [-0.25, -0.2) is 9.59 Å².